The molecule has 392 valence electrons. The zero-order chi connectivity index (χ0) is 53.8. The highest BCUT2D eigenvalue weighted by atomic mass is 16.4. The van der Waals surface area contributed by atoms with E-state index in [1.165, 1.54) is 50.1 Å². The summed E-state index contributed by atoms with van der Waals surface area (Å²) in [5.74, 6) is -5.02. The van der Waals surface area contributed by atoms with Gasteiger partial charge in [0.25, 0.3) is 0 Å². The van der Waals surface area contributed by atoms with E-state index in [4.69, 9.17) is 20.4 Å². The Morgan fingerprint density at radius 2 is 0.630 bits per heavy atom. The number of benzene rings is 6. The lowest BCUT2D eigenvalue weighted by Crippen LogP contribution is -2.42. The van der Waals surface area contributed by atoms with Gasteiger partial charge in [0.1, 0.15) is 0 Å². The molecule has 0 heterocycles. The Morgan fingerprint density at radius 1 is 0.397 bits per heavy atom. The van der Waals surface area contributed by atoms with Crippen LogP contribution >= 0.6 is 0 Å². The van der Waals surface area contributed by atoms with Crippen molar-refractivity contribution in [2.75, 3.05) is 61.9 Å². The first kappa shape index (κ1) is 60.8. The monoisotopic (exact) mass is 1000 g/mol. The first-order valence-corrected chi connectivity index (χ1v) is 24.6. The number of carboxylic acid groups (broad SMARTS) is 3. The molecule has 0 fully saturated rings. The number of nitrogens with zero attached hydrogens (tertiary/aromatic N) is 3. The lowest BCUT2D eigenvalue weighted by molar-refractivity contribution is -0.170. The average Bonchev–Trinajstić information content (AvgIpc) is 3.35. The van der Waals surface area contributed by atoms with Crippen LogP contribution in [0.1, 0.15) is 48.8 Å². The van der Waals surface area contributed by atoms with Crippen molar-refractivity contribution in [3.05, 3.63) is 180 Å². The fourth-order valence-electron chi connectivity index (χ4n) is 8.13. The summed E-state index contributed by atoms with van der Waals surface area (Å²) < 4.78 is 0. The van der Waals surface area contributed by atoms with E-state index in [0.717, 1.165) is 38.5 Å². The number of rotatable bonds is 23. The molecule has 0 amide bonds. The van der Waals surface area contributed by atoms with Crippen molar-refractivity contribution in [3.8, 4) is 33.4 Å². The van der Waals surface area contributed by atoms with Crippen LogP contribution in [0.25, 0.3) is 33.4 Å². The first-order valence-electron chi connectivity index (χ1n) is 24.6. The van der Waals surface area contributed by atoms with Gasteiger partial charge in [-0.05, 0) is 131 Å². The van der Waals surface area contributed by atoms with E-state index in [-0.39, 0.29) is 18.3 Å². The second-order valence-corrected chi connectivity index (χ2v) is 18.9. The molecule has 0 aromatic heterocycles. The van der Waals surface area contributed by atoms with Crippen molar-refractivity contribution in [1.29, 1.82) is 0 Å². The fourth-order valence-corrected chi connectivity index (χ4v) is 8.13. The third kappa shape index (κ3) is 23.7. The maximum absolute atomic E-state index is 10.3. The average molecular weight is 1000 g/mol. The maximum Gasteiger partial charge on any atom is 0.336 e. The van der Waals surface area contributed by atoms with Crippen LogP contribution < -0.4 is 0 Å². The smallest absolute Gasteiger partial charge is 0.336 e. The van der Waals surface area contributed by atoms with Gasteiger partial charge >= 0.3 is 17.9 Å². The summed E-state index contributed by atoms with van der Waals surface area (Å²) in [6, 6.07) is 56.6. The Morgan fingerprint density at radius 3 is 0.849 bits per heavy atom. The number of aliphatic hydroxyl groups is 4. The quantitative estimate of drug-likeness (QED) is 0.0323. The highest BCUT2D eigenvalue weighted by Crippen LogP contribution is 2.27. The number of aryl methyl sites for hydroxylation is 3. The third-order valence-electron chi connectivity index (χ3n) is 11.6. The normalized spacial score (nSPS) is 12.3. The molecule has 3 unspecified atom stereocenters. The molecule has 6 aromatic rings. The number of aliphatic carboxylic acids is 3. The van der Waals surface area contributed by atoms with E-state index >= 15 is 0 Å². The summed E-state index contributed by atoms with van der Waals surface area (Å²) in [5, 5.41) is 63.8. The molecule has 0 aliphatic heterocycles. The van der Waals surface area contributed by atoms with Crippen LogP contribution in [0.15, 0.2) is 164 Å². The Balaban J connectivity index is 0.000000260. The van der Waals surface area contributed by atoms with E-state index in [1.54, 1.807) is 0 Å². The molecule has 3 atom stereocenters. The van der Waals surface area contributed by atoms with Crippen LogP contribution in [0.2, 0.25) is 0 Å². The molecule has 7 N–H and O–H groups in total. The van der Waals surface area contributed by atoms with Gasteiger partial charge in [-0.15, -0.1) is 0 Å². The van der Waals surface area contributed by atoms with E-state index in [1.807, 2.05) is 75.2 Å². The first-order chi connectivity index (χ1) is 34.8. The Labute approximate surface area is 432 Å². The number of hydrogen-bond donors (Lipinski definition) is 7. The van der Waals surface area contributed by atoms with Gasteiger partial charge in [0.2, 0.25) is 0 Å². The molecular formula is C60H77N3O10. The summed E-state index contributed by atoms with van der Waals surface area (Å²) in [6.07, 6.45) is 1.99. The van der Waals surface area contributed by atoms with Gasteiger partial charge in [0, 0.05) is 19.6 Å². The van der Waals surface area contributed by atoms with Crippen LogP contribution in [0.4, 0.5) is 0 Å². The van der Waals surface area contributed by atoms with Crippen molar-refractivity contribution in [3.63, 3.8) is 0 Å². The van der Waals surface area contributed by atoms with E-state index < -0.39 is 36.4 Å². The van der Waals surface area contributed by atoms with Crippen LogP contribution in [-0.4, -0.2) is 154 Å². The number of aliphatic hydroxyl groups excluding tert-OH is 3. The summed E-state index contributed by atoms with van der Waals surface area (Å²) in [4.78, 5) is 36.5. The zero-order valence-electron chi connectivity index (χ0n) is 43.3. The van der Waals surface area contributed by atoms with Crippen LogP contribution in [0, 0.1) is 0 Å². The molecule has 0 aliphatic rings. The molecule has 0 radical (unpaired) electrons. The number of likely N-dealkylation sites (N-methyl/N-ethyl adjacent to an activating group) is 3. The minimum Gasteiger partial charge on any atom is -0.481 e. The number of carbonyl (C=O) groups is 3. The Bertz CT molecular complexity index is 2250. The molecule has 0 bridgehead atoms. The molecule has 6 aromatic carbocycles. The van der Waals surface area contributed by atoms with Crippen LogP contribution in [-0.2, 0) is 33.6 Å². The SMILES string of the molecule is CN(C)CC(O)CCc1ccccc1-c1ccccc1.CN(C)CC(O)CCc1ccccc1-c1ccccc1.CN(C)CC(O)CCc1ccccc1-c1ccccc1.O=C(O)CC(O)(CC(=O)O)C(=O)O. The lowest BCUT2D eigenvalue weighted by Gasteiger charge is -2.18. The largest absolute Gasteiger partial charge is 0.481 e. The van der Waals surface area contributed by atoms with Gasteiger partial charge < -0.3 is 50.4 Å². The van der Waals surface area contributed by atoms with E-state index in [2.05, 4.69) is 146 Å². The van der Waals surface area contributed by atoms with Gasteiger partial charge in [0.05, 0.1) is 31.2 Å². The molecule has 6 rings (SSSR count). The topological polar surface area (TPSA) is 203 Å². The minimum absolute atomic E-state index is 0.270. The predicted octanol–water partition coefficient (Wildman–Crippen LogP) is 8.38. The number of hydrogen-bond acceptors (Lipinski definition) is 10. The van der Waals surface area contributed by atoms with Gasteiger partial charge in [-0.2, -0.15) is 0 Å². The molecule has 0 aliphatic carbocycles. The molecule has 13 heteroatoms. The van der Waals surface area contributed by atoms with Gasteiger partial charge in [0.15, 0.2) is 5.60 Å². The summed E-state index contributed by atoms with van der Waals surface area (Å²) >= 11 is 0. The van der Waals surface area contributed by atoms with Crippen molar-refractivity contribution < 1.29 is 50.1 Å². The van der Waals surface area contributed by atoms with Crippen molar-refractivity contribution in [2.45, 2.75) is 75.3 Å². The summed E-state index contributed by atoms with van der Waals surface area (Å²) in [7, 11) is 11.9. The molecule has 0 spiro atoms. The zero-order valence-corrected chi connectivity index (χ0v) is 43.3. The second kappa shape index (κ2) is 32.5. The molecule has 0 saturated heterocycles. The maximum atomic E-state index is 10.3. The summed E-state index contributed by atoms with van der Waals surface area (Å²) in [6.45, 7) is 2.15. The number of carboxylic acids is 3. The van der Waals surface area contributed by atoms with Gasteiger partial charge in [-0.25, -0.2) is 4.79 Å². The molecule has 73 heavy (non-hydrogen) atoms. The lowest BCUT2D eigenvalue weighted by atomic mass is 9.96. The predicted molar refractivity (Wildman–Crippen MR) is 291 cm³/mol. The van der Waals surface area contributed by atoms with Crippen molar-refractivity contribution >= 4 is 17.9 Å². The fraction of sp³-hybridized carbons (Fsp3) is 0.350. The molecular weight excluding hydrogens is 923 g/mol. The van der Waals surface area contributed by atoms with Crippen molar-refractivity contribution in [2.24, 2.45) is 0 Å². The van der Waals surface area contributed by atoms with Crippen LogP contribution in [0.5, 0.6) is 0 Å². The van der Waals surface area contributed by atoms with Crippen molar-refractivity contribution in [1.82, 2.24) is 14.7 Å². The van der Waals surface area contributed by atoms with Gasteiger partial charge in [-0.1, -0.05) is 164 Å². The minimum atomic E-state index is -2.74. The highest BCUT2D eigenvalue weighted by molar-refractivity contribution is 5.88. The third-order valence-corrected chi connectivity index (χ3v) is 11.6. The second-order valence-electron chi connectivity index (χ2n) is 18.9. The van der Waals surface area contributed by atoms with E-state index in [9.17, 15) is 29.7 Å². The Kier molecular flexibility index (Phi) is 27.1. The van der Waals surface area contributed by atoms with Crippen LogP contribution in [0.3, 0.4) is 0 Å². The molecule has 0 saturated carbocycles. The standard InChI is InChI=1S/3C18H23NO.C6H8O7/c3*1-19(2)14-17(20)13-12-16-10-6-7-11-18(16)15-8-4-3-5-9-15;7-3(8)1-6(13,5(11)12)2-4(9)10/h3*3-11,17,20H,12-14H2,1-2H3;13H,1-2H2,(H,7,8)(H,9,10)(H,11,12). The highest BCUT2D eigenvalue weighted by Gasteiger charge is 2.40. The van der Waals surface area contributed by atoms with Gasteiger partial charge in [-0.3, -0.25) is 9.59 Å². The molecule has 13 nitrogen and oxygen atoms in total. The van der Waals surface area contributed by atoms with E-state index in [0.29, 0.717) is 19.6 Å². The Hall–Kier alpha value is -6.55. The summed E-state index contributed by atoms with van der Waals surface area (Å²) in [5.41, 5.74) is 8.70.